The molecule has 1 atom stereocenters. The van der Waals surface area contributed by atoms with Crippen molar-refractivity contribution in [1.29, 1.82) is 0 Å². The van der Waals surface area contributed by atoms with Crippen LogP contribution in [0.4, 0.5) is 0 Å². The Kier molecular flexibility index (Phi) is 8.79. The Morgan fingerprint density at radius 1 is 1.11 bits per heavy atom. The van der Waals surface area contributed by atoms with Gasteiger partial charge in [-0.1, -0.05) is 55.8 Å². The highest BCUT2D eigenvalue weighted by molar-refractivity contribution is 7.89. The van der Waals surface area contributed by atoms with E-state index in [0.29, 0.717) is 35.9 Å². The molecule has 2 aromatic carbocycles. The van der Waals surface area contributed by atoms with E-state index in [1.807, 2.05) is 54.7 Å². The molecular formula is C26H33ClN6O2S. The van der Waals surface area contributed by atoms with Gasteiger partial charge in [-0.2, -0.15) is 5.10 Å². The summed E-state index contributed by atoms with van der Waals surface area (Å²) in [5, 5.41) is 8.92. The maximum atomic E-state index is 13.0. The first-order chi connectivity index (χ1) is 17.4. The second-order valence-corrected chi connectivity index (χ2v) is 11.1. The van der Waals surface area contributed by atoms with Crippen LogP contribution in [0.1, 0.15) is 44.1 Å². The van der Waals surface area contributed by atoms with Crippen molar-refractivity contribution in [3.8, 4) is 11.4 Å². The van der Waals surface area contributed by atoms with Crippen LogP contribution >= 0.6 is 11.6 Å². The quantitative estimate of drug-likeness (QED) is 0.228. The molecular weight excluding hydrogens is 496 g/mol. The van der Waals surface area contributed by atoms with Crippen molar-refractivity contribution >= 4 is 32.5 Å². The fourth-order valence-electron chi connectivity index (χ4n) is 4.33. The van der Waals surface area contributed by atoms with E-state index in [1.165, 1.54) is 0 Å². The van der Waals surface area contributed by atoms with Gasteiger partial charge < -0.3 is 9.88 Å². The number of sulfonamides is 1. The number of rotatable bonds is 13. The molecule has 0 radical (unpaired) electrons. The van der Waals surface area contributed by atoms with Crippen LogP contribution in [0.25, 0.3) is 22.3 Å². The number of hydrogen-bond acceptors (Lipinski definition) is 5. The van der Waals surface area contributed by atoms with Crippen LogP contribution in [-0.4, -0.2) is 58.9 Å². The predicted octanol–water partition coefficient (Wildman–Crippen LogP) is 4.93. The van der Waals surface area contributed by atoms with Gasteiger partial charge in [-0.25, -0.2) is 18.1 Å². The van der Waals surface area contributed by atoms with E-state index in [1.54, 1.807) is 0 Å². The van der Waals surface area contributed by atoms with Crippen LogP contribution in [0.5, 0.6) is 0 Å². The lowest BCUT2D eigenvalue weighted by molar-refractivity contribution is 0.304. The summed E-state index contributed by atoms with van der Waals surface area (Å²) in [5.41, 5.74) is 2.86. The third kappa shape index (κ3) is 6.73. The smallest absolute Gasteiger partial charge is 0.212 e. The highest BCUT2D eigenvalue weighted by Gasteiger charge is 2.24. The molecule has 0 aliphatic heterocycles. The molecule has 0 saturated heterocycles. The Bertz CT molecular complexity index is 1370. The van der Waals surface area contributed by atoms with Gasteiger partial charge in [0.05, 0.1) is 11.8 Å². The average molecular weight is 529 g/mol. The molecule has 0 fully saturated rings. The van der Waals surface area contributed by atoms with Crippen LogP contribution in [0, 0.1) is 0 Å². The molecule has 2 aromatic heterocycles. The van der Waals surface area contributed by atoms with E-state index in [2.05, 4.69) is 38.7 Å². The summed E-state index contributed by atoms with van der Waals surface area (Å²) in [7, 11) is -3.52. The lowest BCUT2D eigenvalue weighted by atomic mass is 10.1. The molecule has 8 nitrogen and oxygen atoms in total. The Hall–Kier alpha value is -2.72. The molecule has 3 N–H and O–H groups in total. The predicted molar refractivity (Wildman–Crippen MR) is 146 cm³/mol. The summed E-state index contributed by atoms with van der Waals surface area (Å²) in [6, 6.07) is 15.1. The zero-order chi connectivity index (χ0) is 25.5. The number of nitrogens with one attached hydrogen (secondary N) is 3. The number of aromatic amines is 2. The molecule has 0 aliphatic rings. The van der Waals surface area contributed by atoms with Gasteiger partial charge in [-0.15, -0.1) is 0 Å². The summed E-state index contributed by atoms with van der Waals surface area (Å²) >= 11 is 6.20. The van der Waals surface area contributed by atoms with Gasteiger partial charge in [0, 0.05) is 27.7 Å². The first kappa shape index (κ1) is 26.3. The van der Waals surface area contributed by atoms with Gasteiger partial charge in [0.2, 0.25) is 10.0 Å². The topological polar surface area (TPSA) is 107 Å². The summed E-state index contributed by atoms with van der Waals surface area (Å²) in [6.07, 6.45) is 3.66. The fraction of sp³-hybridized carbons (Fsp3) is 0.385. The Morgan fingerprint density at radius 2 is 1.89 bits per heavy atom. The van der Waals surface area contributed by atoms with Crippen molar-refractivity contribution in [2.75, 3.05) is 25.4 Å². The van der Waals surface area contributed by atoms with Crippen molar-refractivity contribution in [1.82, 2.24) is 29.8 Å². The van der Waals surface area contributed by atoms with Crippen molar-refractivity contribution in [2.45, 2.75) is 39.2 Å². The third-order valence-corrected chi connectivity index (χ3v) is 8.09. The van der Waals surface area contributed by atoms with Crippen molar-refractivity contribution < 1.29 is 8.42 Å². The fourth-order valence-corrected chi connectivity index (χ4v) is 5.79. The van der Waals surface area contributed by atoms with Gasteiger partial charge in [-0.3, -0.25) is 5.10 Å². The zero-order valence-electron chi connectivity index (χ0n) is 20.7. The molecule has 0 unspecified atom stereocenters. The molecule has 0 spiro atoms. The molecule has 0 amide bonds. The number of aromatic nitrogens is 4. The number of H-pyrrole nitrogens is 2. The number of nitrogens with zero attached hydrogens (tertiary/aromatic N) is 3. The highest BCUT2D eigenvalue weighted by Crippen LogP contribution is 2.29. The SMILES string of the molecule is CCN(CC)CCCS(=O)(=O)N[C@H](CCc1ccccc1)c1nc(-c2c[nH]c3ccc(Cl)cc23)n[nH]1. The van der Waals surface area contributed by atoms with Crippen molar-refractivity contribution in [3.05, 3.63) is 71.1 Å². The van der Waals surface area contributed by atoms with E-state index < -0.39 is 16.1 Å². The summed E-state index contributed by atoms with van der Waals surface area (Å²) in [6.45, 7) is 6.73. The lowest BCUT2D eigenvalue weighted by Crippen LogP contribution is -2.33. The maximum Gasteiger partial charge on any atom is 0.212 e. The van der Waals surface area contributed by atoms with Crippen LogP contribution in [-0.2, 0) is 16.4 Å². The van der Waals surface area contributed by atoms with Gasteiger partial charge in [0.1, 0.15) is 5.82 Å². The van der Waals surface area contributed by atoms with Crippen LogP contribution in [0.3, 0.4) is 0 Å². The molecule has 36 heavy (non-hydrogen) atoms. The largest absolute Gasteiger partial charge is 0.360 e. The molecule has 0 bridgehead atoms. The normalized spacial score (nSPS) is 13.0. The Morgan fingerprint density at radius 3 is 2.64 bits per heavy atom. The second-order valence-electron chi connectivity index (χ2n) is 8.83. The number of aryl methyl sites for hydroxylation is 1. The first-order valence-corrected chi connectivity index (χ1v) is 14.4. The monoisotopic (exact) mass is 528 g/mol. The first-order valence-electron chi connectivity index (χ1n) is 12.3. The number of benzene rings is 2. The minimum Gasteiger partial charge on any atom is -0.360 e. The molecule has 192 valence electrons. The second kappa shape index (κ2) is 12.0. The average Bonchev–Trinajstić information content (AvgIpc) is 3.52. The lowest BCUT2D eigenvalue weighted by Gasteiger charge is -2.19. The zero-order valence-corrected chi connectivity index (χ0v) is 22.2. The molecule has 10 heteroatoms. The molecule has 2 heterocycles. The van der Waals surface area contributed by atoms with E-state index in [9.17, 15) is 8.42 Å². The number of hydrogen-bond donors (Lipinski definition) is 3. The summed E-state index contributed by atoms with van der Waals surface area (Å²) in [4.78, 5) is 10.1. The maximum absolute atomic E-state index is 13.0. The van der Waals surface area contributed by atoms with Gasteiger partial charge >= 0.3 is 0 Å². The molecule has 4 aromatic rings. The summed E-state index contributed by atoms with van der Waals surface area (Å²) < 4.78 is 28.9. The van der Waals surface area contributed by atoms with Crippen LogP contribution in [0.2, 0.25) is 5.02 Å². The van der Waals surface area contributed by atoms with Crippen molar-refractivity contribution in [3.63, 3.8) is 0 Å². The minimum absolute atomic E-state index is 0.0628. The minimum atomic E-state index is -3.52. The third-order valence-electron chi connectivity index (χ3n) is 6.39. The van der Waals surface area contributed by atoms with Crippen LogP contribution in [0.15, 0.2) is 54.7 Å². The Balaban J connectivity index is 1.54. The van der Waals surface area contributed by atoms with E-state index in [-0.39, 0.29) is 5.75 Å². The standard InChI is InChI=1S/C26H33ClN6O2S/c1-3-33(4-2)15-8-16-36(34,35)32-24(13-11-19-9-6-5-7-10-19)26-29-25(30-31-26)22-18-28-23-14-12-20(27)17-21(22)23/h5-7,9-10,12,14,17-18,24,28,32H,3-4,8,11,13,15-16H2,1-2H3,(H,29,30,31)/t24-/m1/s1. The van der Waals surface area contributed by atoms with E-state index >= 15 is 0 Å². The van der Waals surface area contributed by atoms with Gasteiger partial charge in [0.15, 0.2) is 5.82 Å². The molecule has 0 saturated carbocycles. The number of fused-ring (bicyclic) bond motifs is 1. The van der Waals surface area contributed by atoms with Gasteiger partial charge in [0.25, 0.3) is 0 Å². The van der Waals surface area contributed by atoms with E-state index in [4.69, 9.17) is 16.6 Å². The van der Waals surface area contributed by atoms with Crippen molar-refractivity contribution in [2.24, 2.45) is 0 Å². The van der Waals surface area contributed by atoms with Gasteiger partial charge in [-0.05, 0) is 62.7 Å². The van der Waals surface area contributed by atoms with Crippen LogP contribution < -0.4 is 4.72 Å². The molecule has 0 aliphatic carbocycles. The van der Waals surface area contributed by atoms with E-state index in [0.717, 1.165) is 41.7 Å². The number of halogens is 1. The highest BCUT2D eigenvalue weighted by atomic mass is 35.5. The summed E-state index contributed by atoms with van der Waals surface area (Å²) in [5.74, 6) is 1.04. The molecule has 4 rings (SSSR count). The Labute approximate surface area is 217 Å².